The highest BCUT2D eigenvalue weighted by Crippen LogP contribution is 2.14. The molecule has 1 atom stereocenters. The summed E-state index contributed by atoms with van der Waals surface area (Å²) in [7, 11) is 0. The molecule has 4 heteroatoms. The van der Waals surface area contributed by atoms with Gasteiger partial charge in [-0.25, -0.2) is 4.98 Å². The molecule has 0 spiro atoms. The van der Waals surface area contributed by atoms with E-state index in [4.69, 9.17) is 0 Å². The number of nitrogens with zero attached hydrogens (tertiary/aromatic N) is 1. The van der Waals surface area contributed by atoms with E-state index < -0.39 is 0 Å². The second-order valence-electron chi connectivity index (χ2n) is 4.22. The Bertz CT molecular complexity index is 380. The average molecular weight is 207 g/mol. The van der Waals surface area contributed by atoms with Gasteiger partial charge in [0.1, 0.15) is 5.82 Å². The third-order valence-corrected chi connectivity index (χ3v) is 2.88. The molecule has 2 N–H and O–H groups in total. The first kappa shape index (κ1) is 10.4. The lowest BCUT2D eigenvalue weighted by molar-refractivity contribution is 0.528. The third kappa shape index (κ3) is 2.89. The van der Waals surface area contributed by atoms with E-state index >= 15 is 0 Å². The van der Waals surface area contributed by atoms with E-state index in [0.717, 1.165) is 37.5 Å². The topological polar surface area (TPSA) is 57.8 Å². The average Bonchev–Trinajstić information content (AvgIpc) is 2.65. The van der Waals surface area contributed by atoms with Crippen LogP contribution in [0.25, 0.3) is 0 Å². The molecule has 15 heavy (non-hydrogen) atoms. The maximum Gasteiger partial charge on any atom is 0.251 e. The van der Waals surface area contributed by atoms with Crippen molar-refractivity contribution in [2.75, 3.05) is 13.1 Å². The molecule has 2 rings (SSSR count). The first-order chi connectivity index (χ1) is 7.24. The molecule has 0 saturated carbocycles. The Morgan fingerprint density at radius 3 is 3.13 bits per heavy atom. The molecule has 0 bridgehead atoms. The van der Waals surface area contributed by atoms with Crippen LogP contribution in [0.2, 0.25) is 0 Å². The Hall–Kier alpha value is -1.16. The summed E-state index contributed by atoms with van der Waals surface area (Å²) in [6, 6.07) is 1.61. The maximum absolute atomic E-state index is 11.2. The SMILES string of the molecule is Cc1nc(CCC2CCNC2)cc(=O)[nH]1. The van der Waals surface area contributed by atoms with Crippen molar-refractivity contribution in [2.24, 2.45) is 5.92 Å². The zero-order chi connectivity index (χ0) is 10.7. The molecule has 4 nitrogen and oxygen atoms in total. The number of aromatic nitrogens is 2. The predicted octanol–water partition coefficient (Wildman–Crippen LogP) is 0.620. The monoisotopic (exact) mass is 207 g/mol. The minimum absolute atomic E-state index is 0.0398. The van der Waals surface area contributed by atoms with Crippen molar-refractivity contribution >= 4 is 0 Å². The van der Waals surface area contributed by atoms with Gasteiger partial charge in [-0.1, -0.05) is 0 Å². The second-order valence-corrected chi connectivity index (χ2v) is 4.22. The van der Waals surface area contributed by atoms with Crippen molar-refractivity contribution in [3.63, 3.8) is 0 Å². The van der Waals surface area contributed by atoms with Gasteiger partial charge in [0.05, 0.1) is 0 Å². The molecular formula is C11H17N3O. The second kappa shape index (κ2) is 4.57. The van der Waals surface area contributed by atoms with Crippen LogP contribution in [0.1, 0.15) is 24.4 Å². The van der Waals surface area contributed by atoms with Crippen molar-refractivity contribution < 1.29 is 0 Å². The van der Waals surface area contributed by atoms with Crippen LogP contribution < -0.4 is 10.9 Å². The highest BCUT2D eigenvalue weighted by Gasteiger charge is 2.14. The van der Waals surface area contributed by atoms with Gasteiger partial charge >= 0.3 is 0 Å². The van der Waals surface area contributed by atoms with E-state index in [-0.39, 0.29) is 5.56 Å². The fraction of sp³-hybridized carbons (Fsp3) is 0.636. The molecule has 0 aromatic carbocycles. The molecule has 0 aliphatic carbocycles. The van der Waals surface area contributed by atoms with E-state index in [1.807, 2.05) is 6.92 Å². The smallest absolute Gasteiger partial charge is 0.251 e. The van der Waals surface area contributed by atoms with Gasteiger partial charge in [0.25, 0.3) is 5.56 Å². The van der Waals surface area contributed by atoms with E-state index in [2.05, 4.69) is 15.3 Å². The third-order valence-electron chi connectivity index (χ3n) is 2.88. The van der Waals surface area contributed by atoms with Crippen molar-refractivity contribution in [2.45, 2.75) is 26.2 Å². The van der Waals surface area contributed by atoms with Gasteiger partial charge < -0.3 is 10.3 Å². The number of aryl methyl sites for hydroxylation is 2. The number of hydrogen-bond acceptors (Lipinski definition) is 3. The Kier molecular flexibility index (Phi) is 3.16. The van der Waals surface area contributed by atoms with Crippen LogP contribution in [0.3, 0.4) is 0 Å². The number of H-pyrrole nitrogens is 1. The Balaban J connectivity index is 1.95. The lowest BCUT2D eigenvalue weighted by atomic mass is 10.0. The molecule has 1 aromatic rings. The van der Waals surface area contributed by atoms with Crippen LogP contribution in [-0.4, -0.2) is 23.1 Å². The van der Waals surface area contributed by atoms with Gasteiger partial charge in [-0.15, -0.1) is 0 Å². The van der Waals surface area contributed by atoms with Crippen molar-refractivity contribution in [3.8, 4) is 0 Å². The highest BCUT2D eigenvalue weighted by molar-refractivity contribution is 5.02. The van der Waals surface area contributed by atoms with E-state index in [9.17, 15) is 4.79 Å². The summed E-state index contributed by atoms with van der Waals surface area (Å²) < 4.78 is 0. The molecular weight excluding hydrogens is 190 g/mol. The van der Waals surface area contributed by atoms with Crippen LogP contribution in [0.4, 0.5) is 0 Å². The zero-order valence-corrected chi connectivity index (χ0v) is 9.05. The lowest BCUT2D eigenvalue weighted by Gasteiger charge is -2.07. The summed E-state index contributed by atoms with van der Waals surface area (Å²) in [5.74, 6) is 1.47. The van der Waals surface area contributed by atoms with Gasteiger partial charge in [-0.05, 0) is 45.2 Å². The molecule has 1 aliphatic heterocycles. The van der Waals surface area contributed by atoms with Crippen molar-refractivity contribution in [1.29, 1.82) is 0 Å². The highest BCUT2D eigenvalue weighted by atomic mass is 16.1. The number of nitrogens with one attached hydrogen (secondary N) is 2. The molecule has 1 saturated heterocycles. The van der Waals surface area contributed by atoms with Gasteiger partial charge in [0.15, 0.2) is 0 Å². The molecule has 0 radical (unpaired) electrons. The van der Waals surface area contributed by atoms with Crippen LogP contribution in [0.5, 0.6) is 0 Å². The molecule has 82 valence electrons. The molecule has 1 unspecified atom stereocenters. The predicted molar refractivity (Wildman–Crippen MR) is 58.9 cm³/mol. The maximum atomic E-state index is 11.2. The minimum atomic E-state index is -0.0398. The van der Waals surface area contributed by atoms with Crippen LogP contribution in [0, 0.1) is 12.8 Å². The largest absolute Gasteiger partial charge is 0.316 e. The van der Waals surface area contributed by atoms with Gasteiger partial charge in [0.2, 0.25) is 0 Å². The summed E-state index contributed by atoms with van der Waals surface area (Å²) in [5.41, 5.74) is 0.880. The fourth-order valence-corrected chi connectivity index (χ4v) is 2.08. The normalized spacial score (nSPS) is 20.7. The molecule has 2 heterocycles. The molecule has 1 fully saturated rings. The van der Waals surface area contributed by atoms with E-state index in [1.54, 1.807) is 6.07 Å². The Morgan fingerprint density at radius 2 is 2.47 bits per heavy atom. The Morgan fingerprint density at radius 1 is 1.60 bits per heavy atom. The lowest BCUT2D eigenvalue weighted by Crippen LogP contribution is -2.13. The van der Waals surface area contributed by atoms with E-state index in [0.29, 0.717) is 5.82 Å². The van der Waals surface area contributed by atoms with Crippen LogP contribution in [-0.2, 0) is 6.42 Å². The van der Waals surface area contributed by atoms with Crippen molar-refractivity contribution in [3.05, 3.63) is 27.9 Å². The summed E-state index contributed by atoms with van der Waals surface area (Å²) in [6.45, 7) is 4.07. The molecule has 1 aliphatic rings. The van der Waals surface area contributed by atoms with Crippen LogP contribution in [0.15, 0.2) is 10.9 Å². The Labute approximate surface area is 89.1 Å². The van der Waals surface area contributed by atoms with Gasteiger partial charge in [-0.3, -0.25) is 4.79 Å². The zero-order valence-electron chi connectivity index (χ0n) is 9.05. The summed E-state index contributed by atoms with van der Waals surface area (Å²) in [4.78, 5) is 18.2. The van der Waals surface area contributed by atoms with Gasteiger partial charge in [-0.2, -0.15) is 0 Å². The number of hydrogen-bond donors (Lipinski definition) is 2. The standard InChI is InChI=1S/C11H17N3O/c1-8-13-10(6-11(15)14-8)3-2-9-4-5-12-7-9/h6,9,12H,2-5,7H2,1H3,(H,13,14,15). The van der Waals surface area contributed by atoms with Gasteiger partial charge in [0, 0.05) is 11.8 Å². The van der Waals surface area contributed by atoms with E-state index in [1.165, 1.54) is 6.42 Å². The minimum Gasteiger partial charge on any atom is -0.316 e. The number of aromatic amines is 1. The summed E-state index contributed by atoms with van der Waals surface area (Å²) in [5, 5.41) is 3.34. The first-order valence-electron chi connectivity index (χ1n) is 5.51. The quantitative estimate of drug-likeness (QED) is 0.764. The molecule has 0 amide bonds. The molecule has 1 aromatic heterocycles. The first-order valence-corrected chi connectivity index (χ1v) is 5.51. The van der Waals surface area contributed by atoms with Crippen molar-refractivity contribution in [1.82, 2.24) is 15.3 Å². The fourth-order valence-electron chi connectivity index (χ4n) is 2.08. The number of rotatable bonds is 3. The summed E-state index contributed by atoms with van der Waals surface area (Å²) in [6.07, 6.45) is 3.29. The van der Waals surface area contributed by atoms with Crippen LogP contribution >= 0.6 is 0 Å². The summed E-state index contributed by atoms with van der Waals surface area (Å²) >= 11 is 0.